The molecule has 1 aliphatic heterocycles. The smallest absolute Gasteiger partial charge is 0.257 e. The van der Waals surface area contributed by atoms with Gasteiger partial charge >= 0.3 is 0 Å². The molecule has 1 atom stereocenters. The molecule has 0 aliphatic carbocycles. The fourth-order valence-corrected chi connectivity index (χ4v) is 2.81. The van der Waals surface area contributed by atoms with Crippen molar-refractivity contribution in [1.82, 2.24) is 4.90 Å². The number of nitriles is 1. The van der Waals surface area contributed by atoms with Gasteiger partial charge in [-0.2, -0.15) is 5.26 Å². The van der Waals surface area contributed by atoms with Crippen LogP contribution in [0.1, 0.15) is 41.0 Å². The number of hydrogen-bond acceptors (Lipinski definition) is 3. The number of benzene rings is 2. The van der Waals surface area contributed by atoms with E-state index in [0.29, 0.717) is 17.7 Å². The maximum Gasteiger partial charge on any atom is 0.257 e. The maximum atomic E-state index is 12.8. The van der Waals surface area contributed by atoms with Gasteiger partial charge in [-0.05, 0) is 36.2 Å². The van der Waals surface area contributed by atoms with Gasteiger partial charge in [-0.15, -0.1) is 0 Å². The van der Waals surface area contributed by atoms with Gasteiger partial charge in [0, 0.05) is 12.2 Å². The Morgan fingerprint density at radius 2 is 2.05 bits per heavy atom. The van der Waals surface area contributed by atoms with Crippen molar-refractivity contribution >= 4 is 11.6 Å². The normalized spacial score (nSPS) is 16.6. The number of hydrogen-bond donors (Lipinski definition) is 1. The molecule has 1 N–H and O–H groups in total. The van der Waals surface area contributed by atoms with Gasteiger partial charge in [0.1, 0.15) is 6.17 Å². The molecule has 0 unspecified atom stereocenters. The summed E-state index contributed by atoms with van der Waals surface area (Å²) in [5.74, 6) is 0.0311. The molecule has 0 spiro atoms. The molecule has 1 amide bonds. The first-order valence-corrected chi connectivity index (χ1v) is 7.41. The molecule has 0 saturated heterocycles. The van der Waals surface area contributed by atoms with Crippen LogP contribution in [-0.4, -0.2) is 17.4 Å². The van der Waals surface area contributed by atoms with E-state index in [1.165, 1.54) is 0 Å². The first kappa shape index (κ1) is 14.2. The Morgan fingerprint density at radius 1 is 1.23 bits per heavy atom. The molecule has 0 fully saturated rings. The number of para-hydroxylation sites is 1. The summed E-state index contributed by atoms with van der Waals surface area (Å²) in [5.41, 5.74) is 3.06. The maximum absolute atomic E-state index is 12.8. The first-order chi connectivity index (χ1) is 10.7. The van der Waals surface area contributed by atoms with E-state index in [4.69, 9.17) is 5.26 Å². The largest absolute Gasteiger partial charge is 0.361 e. The van der Waals surface area contributed by atoms with Crippen LogP contribution in [-0.2, 0) is 0 Å². The minimum atomic E-state index is -0.240. The number of amides is 1. The molecule has 22 heavy (non-hydrogen) atoms. The Labute approximate surface area is 130 Å². The van der Waals surface area contributed by atoms with E-state index >= 15 is 0 Å². The van der Waals surface area contributed by atoms with Gasteiger partial charge in [0.15, 0.2) is 0 Å². The number of nitrogens with one attached hydrogen (secondary N) is 1. The lowest BCUT2D eigenvalue weighted by Gasteiger charge is -2.38. The third-order valence-electron chi connectivity index (χ3n) is 3.82. The lowest BCUT2D eigenvalue weighted by molar-refractivity contribution is 0.0683. The van der Waals surface area contributed by atoms with Crippen molar-refractivity contribution in [2.24, 2.45) is 0 Å². The van der Waals surface area contributed by atoms with Gasteiger partial charge in [-0.3, -0.25) is 4.79 Å². The zero-order valence-electron chi connectivity index (χ0n) is 12.4. The average molecular weight is 291 g/mol. The number of nitrogens with zero attached hydrogens (tertiary/aromatic N) is 2. The van der Waals surface area contributed by atoms with Gasteiger partial charge in [0.2, 0.25) is 0 Å². The molecule has 2 aromatic rings. The highest BCUT2D eigenvalue weighted by Gasteiger charge is 2.32. The molecule has 1 aliphatic rings. The predicted molar refractivity (Wildman–Crippen MR) is 85.3 cm³/mol. The molecular weight excluding hydrogens is 274 g/mol. The van der Waals surface area contributed by atoms with Crippen molar-refractivity contribution < 1.29 is 4.79 Å². The van der Waals surface area contributed by atoms with Crippen LogP contribution in [0.5, 0.6) is 0 Å². The molecule has 0 saturated carbocycles. The van der Waals surface area contributed by atoms with Gasteiger partial charge in [-0.1, -0.05) is 31.2 Å². The molecule has 2 aromatic carbocycles. The van der Waals surface area contributed by atoms with Crippen LogP contribution in [0.15, 0.2) is 48.5 Å². The van der Waals surface area contributed by atoms with Gasteiger partial charge < -0.3 is 10.2 Å². The third kappa shape index (κ3) is 2.42. The van der Waals surface area contributed by atoms with Crippen molar-refractivity contribution in [3.05, 3.63) is 65.2 Å². The Morgan fingerprint density at radius 3 is 2.82 bits per heavy atom. The number of fused-ring (bicyclic) bond motifs is 1. The first-order valence-electron chi connectivity index (χ1n) is 7.41. The van der Waals surface area contributed by atoms with Crippen LogP contribution in [0.3, 0.4) is 0 Å². The summed E-state index contributed by atoms with van der Waals surface area (Å²) in [4.78, 5) is 14.6. The third-order valence-corrected chi connectivity index (χ3v) is 3.82. The van der Waals surface area contributed by atoms with Crippen molar-refractivity contribution in [2.45, 2.75) is 19.5 Å². The van der Waals surface area contributed by atoms with Crippen molar-refractivity contribution in [2.75, 3.05) is 11.9 Å². The van der Waals surface area contributed by atoms with E-state index in [9.17, 15) is 4.79 Å². The second kappa shape index (κ2) is 5.90. The molecule has 4 nitrogen and oxygen atoms in total. The second-order valence-electron chi connectivity index (χ2n) is 5.33. The van der Waals surface area contributed by atoms with E-state index in [2.05, 4.69) is 18.3 Å². The Kier molecular flexibility index (Phi) is 3.80. The minimum Gasteiger partial charge on any atom is -0.361 e. The van der Waals surface area contributed by atoms with Gasteiger partial charge in [0.05, 0.1) is 17.2 Å². The molecule has 4 heteroatoms. The zero-order chi connectivity index (χ0) is 15.5. The fourth-order valence-electron chi connectivity index (χ4n) is 2.81. The van der Waals surface area contributed by atoms with Crippen molar-refractivity contribution in [1.29, 1.82) is 5.26 Å². The number of carbonyl (C=O) groups excluding carboxylic acids is 1. The highest BCUT2D eigenvalue weighted by molar-refractivity contribution is 6.01. The molecule has 0 aromatic heterocycles. The Bertz CT molecular complexity index is 748. The van der Waals surface area contributed by atoms with Crippen LogP contribution in [0, 0.1) is 11.3 Å². The molecular formula is C18H17N3O. The number of rotatable bonds is 3. The van der Waals surface area contributed by atoms with E-state index < -0.39 is 0 Å². The lowest BCUT2D eigenvalue weighted by atomic mass is 10.0. The van der Waals surface area contributed by atoms with Gasteiger partial charge in [-0.25, -0.2) is 0 Å². The number of carbonyl (C=O) groups is 1. The summed E-state index contributed by atoms with van der Waals surface area (Å²) in [5, 5.41) is 12.5. The van der Waals surface area contributed by atoms with E-state index in [1.807, 2.05) is 47.4 Å². The molecule has 0 radical (unpaired) electrons. The SMILES string of the molecule is CCCN1C(=O)c2ccccc2N[C@H]1c1cccc(C#N)c1. The topological polar surface area (TPSA) is 56.1 Å². The standard InChI is InChI=1S/C18H17N3O/c1-2-10-21-17(14-7-5-6-13(11-14)12-19)20-16-9-4-3-8-15(16)18(21)22/h3-9,11,17,20H,2,10H2,1H3/t17-/m1/s1. The zero-order valence-corrected chi connectivity index (χ0v) is 12.4. The molecule has 1 heterocycles. The lowest BCUT2D eigenvalue weighted by Crippen LogP contribution is -2.43. The molecule has 0 bridgehead atoms. The van der Waals surface area contributed by atoms with Crippen LogP contribution in [0.2, 0.25) is 0 Å². The van der Waals surface area contributed by atoms with Crippen LogP contribution in [0.25, 0.3) is 0 Å². The Hall–Kier alpha value is -2.80. The summed E-state index contributed by atoms with van der Waals surface area (Å²) < 4.78 is 0. The fraction of sp³-hybridized carbons (Fsp3) is 0.222. The van der Waals surface area contributed by atoms with Crippen molar-refractivity contribution in [3.8, 4) is 6.07 Å². The van der Waals surface area contributed by atoms with Crippen LogP contribution < -0.4 is 5.32 Å². The summed E-state index contributed by atoms with van der Waals surface area (Å²) >= 11 is 0. The summed E-state index contributed by atoms with van der Waals surface area (Å²) in [6, 6.07) is 17.1. The van der Waals surface area contributed by atoms with E-state index in [0.717, 1.165) is 17.7 Å². The average Bonchev–Trinajstić information content (AvgIpc) is 2.57. The summed E-state index contributed by atoms with van der Waals surface area (Å²) in [7, 11) is 0. The quantitative estimate of drug-likeness (QED) is 0.941. The van der Waals surface area contributed by atoms with Crippen molar-refractivity contribution in [3.63, 3.8) is 0 Å². The monoisotopic (exact) mass is 291 g/mol. The van der Waals surface area contributed by atoms with Gasteiger partial charge in [0.25, 0.3) is 5.91 Å². The van der Waals surface area contributed by atoms with Crippen LogP contribution >= 0.6 is 0 Å². The molecule has 110 valence electrons. The minimum absolute atomic E-state index is 0.0311. The highest BCUT2D eigenvalue weighted by atomic mass is 16.2. The van der Waals surface area contributed by atoms with E-state index in [-0.39, 0.29) is 12.1 Å². The second-order valence-corrected chi connectivity index (χ2v) is 5.33. The summed E-state index contributed by atoms with van der Waals surface area (Å²) in [6.45, 7) is 2.72. The summed E-state index contributed by atoms with van der Waals surface area (Å²) in [6.07, 6.45) is 0.639. The van der Waals surface area contributed by atoms with E-state index in [1.54, 1.807) is 6.07 Å². The highest BCUT2D eigenvalue weighted by Crippen LogP contribution is 2.33. The Balaban J connectivity index is 2.05. The molecule has 3 rings (SSSR count). The predicted octanol–water partition coefficient (Wildman–Crippen LogP) is 3.53. The van der Waals surface area contributed by atoms with Crippen LogP contribution in [0.4, 0.5) is 5.69 Å². The number of anilines is 1.